The summed E-state index contributed by atoms with van der Waals surface area (Å²) in [4.78, 5) is 0. The van der Waals surface area contributed by atoms with Crippen molar-refractivity contribution in [2.45, 2.75) is 26.4 Å². The van der Waals surface area contributed by atoms with Crippen molar-refractivity contribution in [1.29, 1.82) is 0 Å². The second-order valence-electron chi connectivity index (χ2n) is 5.82. The number of ether oxygens (including phenoxy) is 1. The number of benzene rings is 1. The number of hydrogen-bond acceptors (Lipinski definition) is 4. The number of hydrogen-bond donors (Lipinski definition) is 2. The van der Waals surface area contributed by atoms with E-state index in [1.807, 2.05) is 12.1 Å². The summed E-state index contributed by atoms with van der Waals surface area (Å²) >= 11 is 0. The van der Waals surface area contributed by atoms with Crippen LogP contribution in [0.5, 0.6) is 0 Å². The molecule has 2 N–H and O–H groups in total. The highest BCUT2D eigenvalue weighted by atomic mass is 16.5. The topological polar surface area (TPSA) is 44.7 Å². The maximum atomic E-state index is 10.2. The molecule has 20 heavy (non-hydrogen) atoms. The van der Waals surface area contributed by atoms with E-state index in [0.29, 0.717) is 12.5 Å². The molecule has 1 heterocycles. The predicted molar refractivity (Wildman–Crippen MR) is 80.3 cm³/mol. The molecule has 4 heteroatoms. The van der Waals surface area contributed by atoms with Gasteiger partial charge in [0.15, 0.2) is 0 Å². The van der Waals surface area contributed by atoms with Crippen LogP contribution in [0, 0.1) is 5.92 Å². The highest BCUT2D eigenvalue weighted by Crippen LogP contribution is 2.15. The molecule has 1 fully saturated rings. The van der Waals surface area contributed by atoms with Crippen LogP contribution in [0.15, 0.2) is 24.3 Å². The Kier molecular flexibility index (Phi) is 5.98. The first-order valence-electron chi connectivity index (χ1n) is 7.48. The highest BCUT2D eigenvalue weighted by molar-refractivity contribution is 5.24. The first kappa shape index (κ1) is 15.4. The molecule has 1 saturated heterocycles. The second-order valence-corrected chi connectivity index (χ2v) is 5.82. The number of aliphatic hydroxyl groups excluding tert-OH is 1. The number of rotatable bonds is 6. The zero-order chi connectivity index (χ0) is 14.4. The third kappa shape index (κ3) is 4.87. The first-order valence-corrected chi connectivity index (χ1v) is 7.48. The molecule has 112 valence electrons. The van der Waals surface area contributed by atoms with Crippen molar-refractivity contribution in [2.75, 3.05) is 32.8 Å². The Bertz CT molecular complexity index is 386. The van der Waals surface area contributed by atoms with Crippen LogP contribution >= 0.6 is 0 Å². The van der Waals surface area contributed by atoms with E-state index in [2.05, 4.69) is 36.4 Å². The van der Waals surface area contributed by atoms with Crippen LogP contribution in [0.3, 0.4) is 0 Å². The third-order valence-electron chi connectivity index (χ3n) is 3.53. The van der Waals surface area contributed by atoms with Gasteiger partial charge >= 0.3 is 0 Å². The monoisotopic (exact) mass is 278 g/mol. The molecule has 4 nitrogen and oxygen atoms in total. The fraction of sp³-hybridized carbons (Fsp3) is 0.625. The maximum absolute atomic E-state index is 10.2. The summed E-state index contributed by atoms with van der Waals surface area (Å²) < 4.78 is 5.29. The van der Waals surface area contributed by atoms with Gasteiger partial charge in [-0.1, -0.05) is 38.1 Å². The lowest BCUT2D eigenvalue weighted by Gasteiger charge is -2.28. The van der Waals surface area contributed by atoms with Gasteiger partial charge in [0.1, 0.15) is 0 Å². The first-order chi connectivity index (χ1) is 9.65. The van der Waals surface area contributed by atoms with Crippen LogP contribution in [0.1, 0.15) is 31.1 Å². The van der Waals surface area contributed by atoms with Gasteiger partial charge in [0, 0.05) is 19.6 Å². The van der Waals surface area contributed by atoms with Crippen LogP contribution < -0.4 is 5.43 Å². The van der Waals surface area contributed by atoms with E-state index in [1.54, 1.807) is 0 Å². The molecule has 0 saturated carbocycles. The Morgan fingerprint density at radius 2 is 1.85 bits per heavy atom. The van der Waals surface area contributed by atoms with Crippen molar-refractivity contribution in [3.05, 3.63) is 35.4 Å². The lowest BCUT2D eigenvalue weighted by atomic mass is 10.0. The van der Waals surface area contributed by atoms with Crippen molar-refractivity contribution in [2.24, 2.45) is 5.92 Å². The maximum Gasteiger partial charge on any atom is 0.0928 e. The fourth-order valence-electron chi connectivity index (χ4n) is 2.40. The lowest BCUT2D eigenvalue weighted by Crippen LogP contribution is -2.47. The van der Waals surface area contributed by atoms with E-state index in [4.69, 9.17) is 4.74 Å². The van der Waals surface area contributed by atoms with Crippen molar-refractivity contribution in [3.63, 3.8) is 0 Å². The average Bonchev–Trinajstić information content (AvgIpc) is 2.46. The van der Waals surface area contributed by atoms with Crippen molar-refractivity contribution >= 4 is 0 Å². The second kappa shape index (κ2) is 7.74. The van der Waals surface area contributed by atoms with E-state index < -0.39 is 6.10 Å². The summed E-state index contributed by atoms with van der Waals surface area (Å²) in [7, 11) is 0. The Balaban J connectivity index is 1.80. The predicted octanol–water partition coefficient (Wildman–Crippen LogP) is 1.76. The van der Waals surface area contributed by atoms with E-state index in [-0.39, 0.29) is 0 Å². The largest absolute Gasteiger partial charge is 0.387 e. The zero-order valence-corrected chi connectivity index (χ0v) is 12.5. The molecule has 0 spiro atoms. The number of aliphatic hydroxyl groups is 1. The third-order valence-corrected chi connectivity index (χ3v) is 3.53. The van der Waals surface area contributed by atoms with Gasteiger partial charge in [-0.15, -0.1) is 0 Å². The molecule has 1 aromatic rings. The minimum atomic E-state index is -0.467. The summed E-state index contributed by atoms with van der Waals surface area (Å²) in [5.74, 6) is 0.661. The Labute approximate surface area is 121 Å². The van der Waals surface area contributed by atoms with Gasteiger partial charge in [0.25, 0.3) is 0 Å². The molecule has 2 rings (SSSR count). The normalized spacial score (nSPS) is 18.4. The van der Waals surface area contributed by atoms with Gasteiger partial charge < -0.3 is 9.84 Å². The van der Waals surface area contributed by atoms with Gasteiger partial charge in [-0.25, -0.2) is 5.01 Å². The van der Waals surface area contributed by atoms with Gasteiger partial charge in [0.05, 0.1) is 19.3 Å². The molecule has 1 atom stereocenters. The molecule has 1 unspecified atom stereocenters. The summed E-state index contributed by atoms with van der Waals surface area (Å²) in [6.07, 6.45) is 0.619. The molecule has 0 bridgehead atoms. The molecule has 1 aliphatic rings. The minimum absolute atomic E-state index is 0.467. The van der Waals surface area contributed by atoms with Crippen LogP contribution in [-0.4, -0.2) is 43.0 Å². The Morgan fingerprint density at radius 1 is 1.20 bits per heavy atom. The van der Waals surface area contributed by atoms with Crippen LogP contribution in [0.2, 0.25) is 0 Å². The molecule has 1 aromatic carbocycles. The van der Waals surface area contributed by atoms with Gasteiger partial charge in [0.2, 0.25) is 0 Å². The number of nitrogens with zero attached hydrogens (tertiary/aromatic N) is 1. The van der Waals surface area contributed by atoms with E-state index in [0.717, 1.165) is 38.3 Å². The molecule has 0 radical (unpaired) electrons. The Morgan fingerprint density at radius 3 is 2.45 bits per heavy atom. The van der Waals surface area contributed by atoms with Crippen LogP contribution in [-0.2, 0) is 11.2 Å². The number of hydrazine groups is 1. The van der Waals surface area contributed by atoms with Crippen molar-refractivity contribution in [3.8, 4) is 0 Å². The standard InChI is InChI=1S/C16H26N2O2/c1-13(2)11-14-3-5-15(6-4-14)16(19)12-17-18-7-9-20-10-8-18/h3-6,13,16-17,19H,7-12H2,1-2H3. The van der Waals surface area contributed by atoms with E-state index >= 15 is 0 Å². The zero-order valence-electron chi connectivity index (χ0n) is 12.5. The van der Waals surface area contributed by atoms with E-state index in [1.165, 1.54) is 5.56 Å². The molecule has 0 amide bonds. The highest BCUT2D eigenvalue weighted by Gasteiger charge is 2.13. The van der Waals surface area contributed by atoms with Crippen molar-refractivity contribution in [1.82, 2.24) is 10.4 Å². The molecular formula is C16H26N2O2. The smallest absolute Gasteiger partial charge is 0.0928 e. The summed E-state index contributed by atoms with van der Waals surface area (Å²) in [5.41, 5.74) is 5.57. The summed E-state index contributed by atoms with van der Waals surface area (Å²) in [6, 6.07) is 8.30. The van der Waals surface area contributed by atoms with Crippen LogP contribution in [0.4, 0.5) is 0 Å². The van der Waals surface area contributed by atoms with Crippen molar-refractivity contribution < 1.29 is 9.84 Å². The summed E-state index contributed by atoms with van der Waals surface area (Å²) in [5, 5.41) is 12.3. The molecular weight excluding hydrogens is 252 g/mol. The van der Waals surface area contributed by atoms with Gasteiger partial charge in [-0.05, 0) is 23.5 Å². The molecule has 0 aromatic heterocycles. The van der Waals surface area contributed by atoms with Gasteiger partial charge in [-0.3, -0.25) is 5.43 Å². The Hall–Kier alpha value is -0.940. The minimum Gasteiger partial charge on any atom is -0.387 e. The number of morpholine rings is 1. The molecule has 1 aliphatic heterocycles. The van der Waals surface area contributed by atoms with Gasteiger partial charge in [-0.2, -0.15) is 0 Å². The number of nitrogens with one attached hydrogen (secondary N) is 1. The fourth-order valence-corrected chi connectivity index (χ4v) is 2.40. The quantitative estimate of drug-likeness (QED) is 0.832. The SMILES string of the molecule is CC(C)Cc1ccc(C(O)CNN2CCOCC2)cc1. The van der Waals surface area contributed by atoms with Crippen LogP contribution in [0.25, 0.3) is 0 Å². The lowest BCUT2D eigenvalue weighted by molar-refractivity contribution is 0.00312. The average molecular weight is 278 g/mol. The molecule has 0 aliphatic carbocycles. The van der Waals surface area contributed by atoms with E-state index in [9.17, 15) is 5.11 Å². The summed E-state index contributed by atoms with van der Waals surface area (Å²) in [6.45, 7) is 8.24.